The Balaban J connectivity index is 3.17. The summed E-state index contributed by atoms with van der Waals surface area (Å²) in [6.45, 7) is 3.18. The van der Waals surface area contributed by atoms with Crippen molar-refractivity contribution in [3.8, 4) is 0 Å². The van der Waals surface area contributed by atoms with Crippen molar-refractivity contribution in [2.75, 3.05) is 11.4 Å². The quantitative estimate of drug-likeness (QED) is 0.600. The largest absolute Gasteiger partial charge is 0.480 e. The van der Waals surface area contributed by atoms with Crippen LogP contribution in [0, 0.1) is 10.1 Å². The van der Waals surface area contributed by atoms with Crippen LogP contribution < -0.4 is 4.90 Å². The fourth-order valence-corrected chi connectivity index (χ4v) is 1.45. The number of carbonyl (C=O) groups is 1. The normalized spacial score (nSPS) is 10.6. The van der Waals surface area contributed by atoms with Crippen LogP contribution >= 0.6 is 0 Å². The van der Waals surface area contributed by atoms with Gasteiger partial charge in [0.25, 0.3) is 0 Å². The van der Waals surface area contributed by atoms with E-state index in [-0.39, 0.29) is 24.1 Å². The number of aromatic nitrogens is 2. The molecule has 17 heavy (non-hydrogen) atoms. The minimum Gasteiger partial charge on any atom is -0.480 e. The first kappa shape index (κ1) is 12.9. The Hall–Kier alpha value is -2.12. The average Bonchev–Trinajstić information content (AvgIpc) is 2.55. The molecule has 1 N–H and O–H groups in total. The molecular weight excluding hydrogens is 228 g/mol. The van der Waals surface area contributed by atoms with E-state index < -0.39 is 10.9 Å². The second-order valence-corrected chi connectivity index (χ2v) is 3.88. The number of aliphatic carboxylic acids is 1. The first-order chi connectivity index (χ1) is 7.82. The Morgan fingerprint density at radius 3 is 2.71 bits per heavy atom. The molecule has 0 aromatic carbocycles. The molecule has 0 aliphatic rings. The Morgan fingerprint density at radius 1 is 1.71 bits per heavy atom. The fraction of sp³-hybridized carbons (Fsp3) is 0.556. The molecule has 94 valence electrons. The predicted molar refractivity (Wildman–Crippen MR) is 60.0 cm³/mol. The fourth-order valence-electron chi connectivity index (χ4n) is 1.45. The van der Waals surface area contributed by atoms with E-state index in [1.54, 1.807) is 20.9 Å². The van der Waals surface area contributed by atoms with Crippen LogP contribution in [0.4, 0.5) is 11.5 Å². The highest BCUT2D eigenvalue weighted by Crippen LogP contribution is 2.27. The van der Waals surface area contributed by atoms with Gasteiger partial charge in [-0.25, -0.2) is 0 Å². The first-order valence-electron chi connectivity index (χ1n) is 4.99. The van der Waals surface area contributed by atoms with E-state index in [0.717, 1.165) is 0 Å². The van der Waals surface area contributed by atoms with Crippen LogP contribution in [0.15, 0.2) is 6.20 Å². The molecule has 1 aromatic rings. The molecule has 1 aromatic heterocycles. The van der Waals surface area contributed by atoms with E-state index >= 15 is 0 Å². The highest BCUT2D eigenvalue weighted by atomic mass is 16.6. The molecule has 0 saturated heterocycles. The standard InChI is InChI=1S/C9H14N4O4/c1-6(2)12(5-8(14)15)9-7(13(16)17)4-11(3)10-9/h4,6H,5H2,1-3H3,(H,14,15). The van der Waals surface area contributed by atoms with E-state index in [2.05, 4.69) is 5.10 Å². The van der Waals surface area contributed by atoms with Gasteiger partial charge in [0.15, 0.2) is 0 Å². The summed E-state index contributed by atoms with van der Waals surface area (Å²) in [5.74, 6) is -0.978. The SMILES string of the molecule is CC(C)N(CC(=O)O)c1nn(C)cc1[N+](=O)[O-]. The maximum atomic E-state index is 10.8. The van der Waals surface area contributed by atoms with Crippen molar-refractivity contribution in [2.45, 2.75) is 19.9 Å². The summed E-state index contributed by atoms with van der Waals surface area (Å²) in [4.78, 5) is 22.4. The van der Waals surface area contributed by atoms with Gasteiger partial charge in [-0.2, -0.15) is 0 Å². The van der Waals surface area contributed by atoms with Crippen LogP contribution in [0.25, 0.3) is 0 Å². The Labute approximate surface area is 97.6 Å². The molecule has 0 spiro atoms. The van der Waals surface area contributed by atoms with Crippen molar-refractivity contribution in [3.63, 3.8) is 0 Å². The van der Waals surface area contributed by atoms with E-state index in [1.165, 1.54) is 15.8 Å². The molecule has 8 heteroatoms. The lowest BCUT2D eigenvalue weighted by atomic mass is 10.3. The van der Waals surface area contributed by atoms with Crippen molar-refractivity contribution in [1.29, 1.82) is 0 Å². The lowest BCUT2D eigenvalue weighted by Gasteiger charge is -2.23. The topological polar surface area (TPSA) is 102 Å². The molecule has 0 amide bonds. The average molecular weight is 242 g/mol. The van der Waals surface area contributed by atoms with Gasteiger partial charge in [0.05, 0.1) is 4.92 Å². The van der Waals surface area contributed by atoms with Crippen LogP contribution in [0.3, 0.4) is 0 Å². The number of hydrogen-bond acceptors (Lipinski definition) is 5. The lowest BCUT2D eigenvalue weighted by Crippen LogP contribution is -2.36. The van der Waals surface area contributed by atoms with Gasteiger partial charge >= 0.3 is 11.7 Å². The third-order valence-corrected chi connectivity index (χ3v) is 2.19. The molecule has 0 aliphatic carbocycles. The summed E-state index contributed by atoms with van der Waals surface area (Å²) in [5, 5.41) is 23.6. The maximum Gasteiger partial charge on any atom is 0.330 e. The van der Waals surface area contributed by atoms with E-state index in [4.69, 9.17) is 5.11 Å². The summed E-state index contributed by atoms with van der Waals surface area (Å²) >= 11 is 0. The van der Waals surface area contributed by atoms with Gasteiger partial charge in [-0.1, -0.05) is 0 Å². The highest BCUT2D eigenvalue weighted by Gasteiger charge is 2.27. The van der Waals surface area contributed by atoms with Crippen LogP contribution in [0.2, 0.25) is 0 Å². The number of nitrogens with zero attached hydrogens (tertiary/aromatic N) is 4. The molecule has 8 nitrogen and oxygen atoms in total. The van der Waals surface area contributed by atoms with Gasteiger partial charge in [0.2, 0.25) is 5.82 Å². The van der Waals surface area contributed by atoms with Crippen molar-refractivity contribution >= 4 is 17.5 Å². The number of aryl methyl sites for hydroxylation is 1. The number of carboxylic acid groups (broad SMARTS) is 1. The van der Waals surface area contributed by atoms with Crippen LogP contribution in [0.5, 0.6) is 0 Å². The third kappa shape index (κ3) is 2.92. The molecular formula is C9H14N4O4. The van der Waals surface area contributed by atoms with Crippen molar-refractivity contribution in [3.05, 3.63) is 16.3 Å². The second kappa shape index (κ2) is 4.81. The summed E-state index contributed by atoms with van der Waals surface area (Å²) in [6.07, 6.45) is 1.26. The van der Waals surface area contributed by atoms with Crippen molar-refractivity contribution < 1.29 is 14.8 Å². The smallest absolute Gasteiger partial charge is 0.330 e. The number of hydrogen-bond donors (Lipinski definition) is 1. The van der Waals surface area contributed by atoms with Gasteiger partial charge in [-0.3, -0.25) is 19.6 Å². The van der Waals surface area contributed by atoms with E-state index in [0.29, 0.717) is 0 Å². The van der Waals surface area contributed by atoms with Gasteiger partial charge in [0.1, 0.15) is 12.7 Å². The highest BCUT2D eigenvalue weighted by molar-refractivity contribution is 5.75. The number of nitro groups is 1. The number of anilines is 1. The molecule has 0 saturated carbocycles. The van der Waals surface area contributed by atoms with Crippen LogP contribution in [0.1, 0.15) is 13.8 Å². The predicted octanol–water partition coefficient (Wildman–Crippen LogP) is 0.628. The minimum absolute atomic E-state index is 0.0786. The monoisotopic (exact) mass is 242 g/mol. The molecule has 0 radical (unpaired) electrons. The zero-order valence-corrected chi connectivity index (χ0v) is 9.82. The molecule has 0 unspecified atom stereocenters. The molecule has 0 bridgehead atoms. The van der Waals surface area contributed by atoms with Gasteiger partial charge in [0, 0.05) is 13.1 Å². The molecule has 1 heterocycles. The summed E-state index contributed by atoms with van der Waals surface area (Å²) in [7, 11) is 1.55. The lowest BCUT2D eigenvalue weighted by molar-refractivity contribution is -0.384. The molecule has 0 atom stereocenters. The Bertz CT molecular complexity index is 440. The minimum atomic E-state index is -1.06. The van der Waals surface area contributed by atoms with Crippen LogP contribution in [-0.4, -0.2) is 38.4 Å². The third-order valence-electron chi connectivity index (χ3n) is 2.19. The summed E-state index contributed by atoms with van der Waals surface area (Å²) < 4.78 is 1.30. The van der Waals surface area contributed by atoms with Gasteiger partial charge in [-0.15, -0.1) is 5.10 Å². The maximum absolute atomic E-state index is 10.8. The van der Waals surface area contributed by atoms with Crippen molar-refractivity contribution in [1.82, 2.24) is 9.78 Å². The second-order valence-electron chi connectivity index (χ2n) is 3.88. The molecule has 0 aliphatic heterocycles. The Morgan fingerprint density at radius 2 is 2.29 bits per heavy atom. The van der Waals surface area contributed by atoms with Gasteiger partial charge < -0.3 is 10.0 Å². The summed E-state index contributed by atoms with van der Waals surface area (Å²) in [5.41, 5.74) is -0.192. The number of rotatable bonds is 5. The Kier molecular flexibility index (Phi) is 3.66. The van der Waals surface area contributed by atoms with E-state index in [1.807, 2.05) is 0 Å². The van der Waals surface area contributed by atoms with Crippen LogP contribution in [-0.2, 0) is 11.8 Å². The van der Waals surface area contributed by atoms with E-state index in [9.17, 15) is 14.9 Å². The number of carboxylic acids is 1. The first-order valence-corrected chi connectivity index (χ1v) is 4.99. The zero-order chi connectivity index (χ0) is 13.2. The van der Waals surface area contributed by atoms with Gasteiger partial charge in [-0.05, 0) is 13.8 Å². The zero-order valence-electron chi connectivity index (χ0n) is 9.82. The molecule has 1 rings (SSSR count). The molecule has 0 fully saturated rings. The van der Waals surface area contributed by atoms with Crippen molar-refractivity contribution in [2.24, 2.45) is 7.05 Å². The summed E-state index contributed by atoms with van der Waals surface area (Å²) in [6, 6.07) is -0.195.